The minimum Gasteiger partial charge on any atom is -0.494 e. The number of rotatable bonds is 6. The quantitative estimate of drug-likeness (QED) is 0.345. The van der Waals surface area contributed by atoms with Crippen LogP contribution in [0.4, 0.5) is 4.39 Å². The number of likely N-dealkylation sites (tertiary alicyclic amines) is 1. The van der Waals surface area contributed by atoms with Gasteiger partial charge in [-0.2, -0.15) is 0 Å². The Hall–Kier alpha value is -3.64. The van der Waals surface area contributed by atoms with Crippen molar-refractivity contribution in [2.75, 3.05) is 20.2 Å². The number of benzene rings is 2. The predicted octanol–water partition coefficient (Wildman–Crippen LogP) is 6.04. The Morgan fingerprint density at radius 3 is 2.54 bits per heavy atom. The van der Waals surface area contributed by atoms with Gasteiger partial charge in [0.05, 0.1) is 12.8 Å². The van der Waals surface area contributed by atoms with Crippen LogP contribution in [0.1, 0.15) is 35.6 Å². The molecule has 0 unspecified atom stereocenters. The van der Waals surface area contributed by atoms with Gasteiger partial charge < -0.3 is 4.74 Å². The first kappa shape index (κ1) is 23.1. The van der Waals surface area contributed by atoms with E-state index in [1.165, 1.54) is 18.7 Å². The summed E-state index contributed by atoms with van der Waals surface area (Å²) in [6.07, 6.45) is 7.53. The Labute approximate surface area is 205 Å². The third kappa shape index (κ3) is 5.23. The van der Waals surface area contributed by atoms with Crippen molar-refractivity contribution in [1.29, 1.82) is 0 Å². The van der Waals surface area contributed by atoms with Gasteiger partial charge in [-0.25, -0.2) is 14.4 Å². The number of pyridine rings is 1. The Morgan fingerprint density at radius 2 is 1.80 bits per heavy atom. The van der Waals surface area contributed by atoms with E-state index < -0.39 is 0 Å². The lowest BCUT2D eigenvalue weighted by Gasteiger charge is -2.32. The van der Waals surface area contributed by atoms with Crippen LogP contribution in [0.5, 0.6) is 5.75 Å². The molecule has 2 aromatic carbocycles. The van der Waals surface area contributed by atoms with Crippen molar-refractivity contribution in [2.45, 2.75) is 32.2 Å². The van der Waals surface area contributed by atoms with E-state index in [4.69, 9.17) is 14.7 Å². The maximum atomic E-state index is 13.8. The highest BCUT2D eigenvalue weighted by Gasteiger charge is 2.25. The van der Waals surface area contributed by atoms with Crippen molar-refractivity contribution in [2.24, 2.45) is 0 Å². The lowest BCUT2D eigenvalue weighted by Crippen LogP contribution is -2.33. The third-order valence-electron chi connectivity index (χ3n) is 6.68. The van der Waals surface area contributed by atoms with Crippen LogP contribution in [0.15, 0.2) is 73.2 Å². The molecule has 1 saturated heterocycles. The molecule has 1 aliphatic heterocycles. The largest absolute Gasteiger partial charge is 0.494 e. The summed E-state index contributed by atoms with van der Waals surface area (Å²) in [6.45, 7) is 4.79. The maximum absolute atomic E-state index is 13.8. The topological polar surface area (TPSA) is 51.1 Å². The Bertz CT molecular complexity index is 1300. The zero-order valence-electron chi connectivity index (χ0n) is 20.1. The van der Waals surface area contributed by atoms with E-state index in [0.29, 0.717) is 11.7 Å². The minimum absolute atomic E-state index is 0.296. The summed E-state index contributed by atoms with van der Waals surface area (Å²) in [5.74, 6) is 1.05. The predicted molar refractivity (Wildman–Crippen MR) is 136 cm³/mol. The first-order chi connectivity index (χ1) is 17.1. The second-order valence-electron chi connectivity index (χ2n) is 9.12. The summed E-state index contributed by atoms with van der Waals surface area (Å²) in [6, 6.07) is 17.5. The number of piperidine rings is 1. The molecular weight excluding hydrogens is 439 g/mol. The number of halogens is 1. The molecule has 0 spiro atoms. The molecule has 0 radical (unpaired) electrons. The summed E-state index contributed by atoms with van der Waals surface area (Å²) in [5.41, 5.74) is 6.62. The van der Waals surface area contributed by atoms with E-state index in [0.717, 1.165) is 66.2 Å². The van der Waals surface area contributed by atoms with E-state index in [1.807, 2.05) is 24.4 Å². The normalized spacial score (nSPS) is 14.7. The van der Waals surface area contributed by atoms with Gasteiger partial charge in [-0.1, -0.05) is 35.9 Å². The van der Waals surface area contributed by atoms with Gasteiger partial charge >= 0.3 is 0 Å². The first-order valence-electron chi connectivity index (χ1n) is 12.0. The van der Waals surface area contributed by atoms with Crippen molar-refractivity contribution in [1.82, 2.24) is 19.9 Å². The average Bonchev–Trinajstić information content (AvgIpc) is 2.90. The van der Waals surface area contributed by atoms with Crippen molar-refractivity contribution in [3.05, 3.63) is 95.8 Å². The fourth-order valence-electron chi connectivity index (χ4n) is 4.81. The number of nitrogens with zero attached hydrogens (tertiary/aromatic N) is 4. The molecule has 5 rings (SSSR count). The lowest BCUT2D eigenvalue weighted by atomic mass is 9.88. The van der Waals surface area contributed by atoms with E-state index in [1.54, 1.807) is 18.5 Å². The lowest BCUT2D eigenvalue weighted by molar-refractivity contribution is 0.203. The monoisotopic (exact) mass is 468 g/mol. The van der Waals surface area contributed by atoms with Gasteiger partial charge in [0.15, 0.2) is 17.4 Å². The zero-order valence-corrected chi connectivity index (χ0v) is 20.1. The molecule has 178 valence electrons. The molecule has 0 saturated carbocycles. The van der Waals surface area contributed by atoms with Crippen LogP contribution >= 0.6 is 0 Å². The first-order valence-corrected chi connectivity index (χ1v) is 12.0. The maximum Gasteiger partial charge on any atom is 0.165 e. The van der Waals surface area contributed by atoms with Crippen LogP contribution in [-0.2, 0) is 6.54 Å². The van der Waals surface area contributed by atoms with E-state index >= 15 is 0 Å². The highest BCUT2D eigenvalue weighted by molar-refractivity contribution is 5.68. The summed E-state index contributed by atoms with van der Waals surface area (Å²) >= 11 is 0. The molecule has 3 heterocycles. The van der Waals surface area contributed by atoms with Crippen molar-refractivity contribution in [3.8, 4) is 28.3 Å². The fourth-order valence-corrected chi connectivity index (χ4v) is 4.81. The van der Waals surface area contributed by atoms with Crippen LogP contribution in [0.2, 0.25) is 0 Å². The van der Waals surface area contributed by atoms with Gasteiger partial charge in [0, 0.05) is 42.2 Å². The second kappa shape index (κ2) is 10.3. The van der Waals surface area contributed by atoms with Gasteiger partial charge in [-0.15, -0.1) is 0 Å². The summed E-state index contributed by atoms with van der Waals surface area (Å²) in [4.78, 5) is 16.4. The van der Waals surface area contributed by atoms with Crippen molar-refractivity contribution >= 4 is 0 Å². The molecule has 0 bridgehead atoms. The molecule has 5 nitrogen and oxygen atoms in total. The molecule has 0 aliphatic carbocycles. The molecule has 35 heavy (non-hydrogen) atoms. The van der Waals surface area contributed by atoms with Crippen LogP contribution in [0.25, 0.3) is 22.5 Å². The second-order valence-corrected chi connectivity index (χ2v) is 9.12. The van der Waals surface area contributed by atoms with Gasteiger partial charge in [-0.05, 0) is 68.2 Å². The number of hydrogen-bond donors (Lipinski definition) is 0. The molecule has 6 heteroatoms. The number of aryl methyl sites for hydroxylation is 1. The number of aromatic nitrogens is 3. The smallest absolute Gasteiger partial charge is 0.165 e. The summed E-state index contributed by atoms with van der Waals surface area (Å²) in [7, 11) is 1.50. The van der Waals surface area contributed by atoms with Gasteiger partial charge in [-0.3, -0.25) is 9.88 Å². The van der Waals surface area contributed by atoms with Gasteiger partial charge in [0.25, 0.3) is 0 Å². The zero-order chi connectivity index (χ0) is 24.2. The average molecular weight is 469 g/mol. The molecule has 1 aliphatic rings. The van der Waals surface area contributed by atoms with Crippen molar-refractivity contribution < 1.29 is 9.13 Å². The SMILES string of the molecule is COc1cc(CN2CCC(c3nc(-c4ccncc4)ncc3-c3cccc(C)c3)CC2)ccc1F. The van der Waals surface area contributed by atoms with E-state index in [-0.39, 0.29) is 5.82 Å². The molecule has 2 aromatic heterocycles. The number of ether oxygens (including phenoxy) is 1. The molecular formula is C29H29FN4O. The van der Waals surface area contributed by atoms with E-state index in [2.05, 4.69) is 41.1 Å². The summed E-state index contributed by atoms with van der Waals surface area (Å²) < 4.78 is 18.9. The summed E-state index contributed by atoms with van der Waals surface area (Å²) in [5, 5.41) is 0. The van der Waals surface area contributed by atoms with E-state index in [9.17, 15) is 4.39 Å². The highest BCUT2D eigenvalue weighted by Crippen LogP contribution is 2.35. The van der Waals surface area contributed by atoms with Crippen LogP contribution in [0.3, 0.4) is 0 Å². The highest BCUT2D eigenvalue weighted by atomic mass is 19.1. The Balaban J connectivity index is 1.39. The number of methoxy groups -OCH3 is 1. The molecule has 0 N–H and O–H groups in total. The van der Waals surface area contributed by atoms with Crippen LogP contribution < -0.4 is 4.74 Å². The third-order valence-corrected chi connectivity index (χ3v) is 6.68. The Morgan fingerprint density at radius 1 is 1.00 bits per heavy atom. The van der Waals surface area contributed by atoms with Crippen LogP contribution in [0, 0.1) is 12.7 Å². The van der Waals surface area contributed by atoms with Gasteiger partial charge in [0.1, 0.15) is 0 Å². The fraction of sp³-hybridized carbons (Fsp3) is 0.276. The molecule has 4 aromatic rings. The number of hydrogen-bond acceptors (Lipinski definition) is 5. The standard InChI is InChI=1S/C29H29FN4O/c1-20-4-3-5-24(16-20)25-18-32-29(23-8-12-31-13-9-23)33-28(25)22-10-14-34(15-11-22)19-21-6-7-26(30)27(17-21)35-2/h3-9,12-13,16-18,22H,10-11,14-15,19H2,1-2H3. The van der Waals surface area contributed by atoms with Gasteiger partial charge in [0.2, 0.25) is 0 Å². The molecule has 0 atom stereocenters. The molecule has 1 fully saturated rings. The Kier molecular flexibility index (Phi) is 6.82. The van der Waals surface area contributed by atoms with Crippen LogP contribution in [-0.4, -0.2) is 40.1 Å². The molecule has 0 amide bonds. The van der Waals surface area contributed by atoms with Crippen molar-refractivity contribution in [3.63, 3.8) is 0 Å². The minimum atomic E-state index is -0.326.